The predicted molar refractivity (Wildman–Crippen MR) is 86.7 cm³/mol. The SMILES string of the molecule is CC(C)(CO)[C@H](c1ccc(C(F)(F)F)c(F)c1)N1CCNCC1.Cl. The molecule has 0 bridgehead atoms. The number of rotatable bonds is 4. The number of nitrogens with one attached hydrogen (secondary N) is 1. The van der Waals surface area contributed by atoms with Gasteiger partial charge in [-0.1, -0.05) is 19.9 Å². The van der Waals surface area contributed by atoms with E-state index in [4.69, 9.17) is 0 Å². The van der Waals surface area contributed by atoms with Crippen LogP contribution in [0.1, 0.15) is 31.0 Å². The van der Waals surface area contributed by atoms with Crippen LogP contribution in [0.3, 0.4) is 0 Å². The van der Waals surface area contributed by atoms with E-state index in [1.54, 1.807) is 0 Å². The number of hydrogen-bond donors (Lipinski definition) is 2. The number of hydrogen-bond acceptors (Lipinski definition) is 3. The highest BCUT2D eigenvalue weighted by Gasteiger charge is 2.38. The van der Waals surface area contributed by atoms with E-state index in [0.29, 0.717) is 18.7 Å². The molecule has 1 atom stereocenters. The summed E-state index contributed by atoms with van der Waals surface area (Å²) in [5.74, 6) is -1.27. The van der Waals surface area contributed by atoms with Crippen LogP contribution in [-0.4, -0.2) is 42.8 Å². The Morgan fingerprint density at radius 3 is 2.25 bits per heavy atom. The van der Waals surface area contributed by atoms with Crippen LogP contribution < -0.4 is 5.32 Å². The third kappa shape index (κ3) is 4.59. The molecule has 1 aromatic rings. The van der Waals surface area contributed by atoms with Crippen molar-refractivity contribution in [3.8, 4) is 0 Å². The average molecular weight is 371 g/mol. The molecule has 1 aliphatic heterocycles. The van der Waals surface area contributed by atoms with Crippen LogP contribution in [-0.2, 0) is 6.18 Å². The second-order valence-electron chi connectivity index (χ2n) is 6.57. The van der Waals surface area contributed by atoms with Gasteiger partial charge in [0.05, 0.1) is 5.56 Å². The summed E-state index contributed by atoms with van der Waals surface area (Å²) in [6.07, 6.45) is -4.71. The van der Waals surface area contributed by atoms with Crippen molar-refractivity contribution in [3.05, 3.63) is 35.1 Å². The Morgan fingerprint density at radius 1 is 1.21 bits per heavy atom. The highest BCUT2D eigenvalue weighted by molar-refractivity contribution is 5.85. The standard InChI is InChI=1S/C16H22F4N2O.ClH/c1-15(2,10-23)14(22-7-5-21-6-8-22)11-3-4-12(13(17)9-11)16(18,19)20;/h3-4,9,14,21,23H,5-8,10H2,1-2H3;1H/t14-;/m0./s1. The first-order valence-corrected chi connectivity index (χ1v) is 7.59. The largest absolute Gasteiger partial charge is 0.419 e. The fraction of sp³-hybridized carbons (Fsp3) is 0.625. The molecule has 0 unspecified atom stereocenters. The van der Waals surface area contributed by atoms with Crippen molar-refractivity contribution in [1.29, 1.82) is 0 Å². The van der Waals surface area contributed by atoms with Gasteiger partial charge in [0.2, 0.25) is 0 Å². The van der Waals surface area contributed by atoms with E-state index in [9.17, 15) is 22.7 Å². The van der Waals surface area contributed by atoms with Gasteiger partial charge in [-0.25, -0.2) is 4.39 Å². The summed E-state index contributed by atoms with van der Waals surface area (Å²) in [4.78, 5) is 2.08. The van der Waals surface area contributed by atoms with E-state index < -0.39 is 23.0 Å². The lowest BCUT2D eigenvalue weighted by atomic mass is 9.79. The number of alkyl halides is 3. The van der Waals surface area contributed by atoms with Gasteiger partial charge in [0.25, 0.3) is 0 Å². The van der Waals surface area contributed by atoms with Gasteiger partial charge in [-0.3, -0.25) is 4.90 Å². The summed E-state index contributed by atoms with van der Waals surface area (Å²) in [6, 6.07) is 2.70. The molecule has 0 aromatic heterocycles. The summed E-state index contributed by atoms with van der Waals surface area (Å²) in [5, 5.41) is 12.9. The van der Waals surface area contributed by atoms with Crippen molar-refractivity contribution in [1.82, 2.24) is 10.2 Å². The summed E-state index contributed by atoms with van der Waals surface area (Å²) < 4.78 is 52.2. The van der Waals surface area contributed by atoms with E-state index in [2.05, 4.69) is 10.2 Å². The maximum atomic E-state index is 14.0. The Bertz CT molecular complexity index is 545. The molecule has 2 N–H and O–H groups in total. The maximum absolute atomic E-state index is 14.0. The van der Waals surface area contributed by atoms with Gasteiger partial charge in [0.15, 0.2) is 0 Å². The third-order valence-corrected chi connectivity index (χ3v) is 4.28. The van der Waals surface area contributed by atoms with E-state index >= 15 is 0 Å². The maximum Gasteiger partial charge on any atom is 0.419 e. The lowest BCUT2D eigenvalue weighted by molar-refractivity contribution is -0.140. The summed E-state index contributed by atoms with van der Waals surface area (Å²) in [5.41, 5.74) is -1.41. The van der Waals surface area contributed by atoms with Gasteiger partial charge in [-0.2, -0.15) is 13.2 Å². The van der Waals surface area contributed by atoms with E-state index in [0.717, 1.165) is 25.2 Å². The fourth-order valence-electron chi connectivity index (χ4n) is 3.11. The zero-order valence-electron chi connectivity index (χ0n) is 13.7. The molecule has 24 heavy (non-hydrogen) atoms. The highest BCUT2D eigenvalue weighted by atomic mass is 35.5. The van der Waals surface area contributed by atoms with Crippen molar-refractivity contribution < 1.29 is 22.7 Å². The van der Waals surface area contributed by atoms with E-state index in [1.165, 1.54) is 6.07 Å². The Kier molecular flexibility index (Phi) is 7.04. The lowest BCUT2D eigenvalue weighted by Gasteiger charge is -2.43. The minimum atomic E-state index is -4.71. The van der Waals surface area contributed by atoms with Crippen LogP contribution in [0.15, 0.2) is 18.2 Å². The summed E-state index contributed by atoms with van der Waals surface area (Å²) >= 11 is 0. The molecule has 0 aliphatic carbocycles. The lowest BCUT2D eigenvalue weighted by Crippen LogP contribution is -2.49. The Morgan fingerprint density at radius 2 is 1.79 bits per heavy atom. The minimum absolute atomic E-state index is 0. The molecular formula is C16H23ClF4N2O. The number of nitrogens with zero attached hydrogens (tertiary/aromatic N) is 1. The van der Waals surface area contributed by atoms with Crippen LogP contribution in [0, 0.1) is 11.2 Å². The van der Waals surface area contributed by atoms with Gasteiger partial charge in [-0.15, -0.1) is 12.4 Å². The molecule has 1 saturated heterocycles. The number of aliphatic hydroxyl groups is 1. The van der Waals surface area contributed by atoms with Gasteiger partial charge in [0.1, 0.15) is 5.82 Å². The summed E-state index contributed by atoms with van der Waals surface area (Å²) in [7, 11) is 0. The molecule has 2 rings (SSSR count). The normalized spacial score (nSPS) is 18.1. The first-order chi connectivity index (χ1) is 10.7. The molecule has 138 valence electrons. The number of halogens is 5. The van der Waals surface area contributed by atoms with Crippen LogP contribution in [0.25, 0.3) is 0 Å². The molecule has 0 saturated carbocycles. The second kappa shape index (κ2) is 7.99. The minimum Gasteiger partial charge on any atom is -0.396 e. The zero-order valence-corrected chi connectivity index (χ0v) is 14.5. The average Bonchev–Trinajstić information content (AvgIpc) is 2.47. The number of aliphatic hydroxyl groups excluding tert-OH is 1. The van der Waals surface area contributed by atoms with Crippen molar-refractivity contribution >= 4 is 12.4 Å². The number of piperazine rings is 1. The topological polar surface area (TPSA) is 35.5 Å². The first-order valence-electron chi connectivity index (χ1n) is 7.59. The molecule has 1 heterocycles. The summed E-state index contributed by atoms with van der Waals surface area (Å²) in [6.45, 7) is 6.39. The quantitative estimate of drug-likeness (QED) is 0.799. The van der Waals surface area contributed by atoms with Gasteiger partial charge in [-0.05, 0) is 17.7 Å². The van der Waals surface area contributed by atoms with E-state index in [-0.39, 0.29) is 25.1 Å². The second-order valence-corrected chi connectivity index (χ2v) is 6.57. The van der Waals surface area contributed by atoms with Gasteiger partial charge < -0.3 is 10.4 Å². The molecular weight excluding hydrogens is 348 g/mol. The zero-order chi connectivity index (χ0) is 17.3. The molecule has 0 amide bonds. The molecule has 3 nitrogen and oxygen atoms in total. The van der Waals surface area contributed by atoms with Crippen molar-refractivity contribution in [2.75, 3.05) is 32.8 Å². The van der Waals surface area contributed by atoms with Crippen molar-refractivity contribution in [3.63, 3.8) is 0 Å². The molecule has 8 heteroatoms. The first kappa shape index (κ1) is 21.2. The van der Waals surface area contributed by atoms with Gasteiger partial charge in [0, 0.05) is 44.2 Å². The number of benzene rings is 1. The molecule has 1 fully saturated rings. The Balaban J connectivity index is 0.00000288. The molecule has 1 aromatic carbocycles. The van der Waals surface area contributed by atoms with E-state index in [1.807, 2.05) is 13.8 Å². The van der Waals surface area contributed by atoms with Crippen molar-refractivity contribution in [2.45, 2.75) is 26.1 Å². The highest BCUT2D eigenvalue weighted by Crippen LogP contribution is 2.40. The fourth-order valence-corrected chi connectivity index (χ4v) is 3.11. The third-order valence-electron chi connectivity index (χ3n) is 4.28. The Hall–Kier alpha value is -0.890. The molecule has 1 aliphatic rings. The molecule has 0 radical (unpaired) electrons. The van der Waals surface area contributed by atoms with Crippen LogP contribution >= 0.6 is 12.4 Å². The van der Waals surface area contributed by atoms with Crippen LogP contribution in [0.2, 0.25) is 0 Å². The van der Waals surface area contributed by atoms with Crippen LogP contribution in [0.5, 0.6) is 0 Å². The van der Waals surface area contributed by atoms with Crippen molar-refractivity contribution in [2.24, 2.45) is 5.41 Å². The molecule has 0 spiro atoms. The van der Waals surface area contributed by atoms with Crippen LogP contribution in [0.4, 0.5) is 17.6 Å². The monoisotopic (exact) mass is 370 g/mol. The van der Waals surface area contributed by atoms with Gasteiger partial charge >= 0.3 is 6.18 Å². The Labute approximate surface area is 145 Å². The predicted octanol–water partition coefficient (Wildman–Crippen LogP) is 3.23. The smallest absolute Gasteiger partial charge is 0.396 e.